The predicted molar refractivity (Wildman–Crippen MR) is 121 cm³/mol. The van der Waals surface area contributed by atoms with E-state index in [9.17, 15) is 14.9 Å². The minimum Gasteiger partial charge on any atom is -0.497 e. The Morgan fingerprint density at radius 2 is 1.65 bits per heavy atom. The van der Waals surface area contributed by atoms with Crippen molar-refractivity contribution < 1.29 is 14.3 Å². The zero-order chi connectivity index (χ0) is 22.2. The van der Waals surface area contributed by atoms with Crippen LogP contribution in [0.4, 0.5) is 11.4 Å². The molecule has 0 fully saturated rings. The summed E-state index contributed by atoms with van der Waals surface area (Å²) < 4.78 is 5.09. The van der Waals surface area contributed by atoms with Gasteiger partial charge in [-0.05, 0) is 67.1 Å². The van der Waals surface area contributed by atoms with E-state index < -0.39 is 5.91 Å². The fourth-order valence-corrected chi connectivity index (χ4v) is 2.80. The molecule has 3 aromatic rings. The van der Waals surface area contributed by atoms with Crippen LogP contribution in [0.15, 0.2) is 78.4 Å². The highest BCUT2D eigenvalue weighted by Gasteiger charge is 2.11. The molecule has 0 bridgehead atoms. The molecule has 3 rings (SSSR count). The molecular formula is C25H21N3O3. The van der Waals surface area contributed by atoms with Gasteiger partial charge in [-0.15, -0.1) is 0 Å². The third kappa shape index (κ3) is 5.81. The fourth-order valence-electron chi connectivity index (χ4n) is 2.80. The summed E-state index contributed by atoms with van der Waals surface area (Å²) >= 11 is 0. The first-order valence-electron chi connectivity index (χ1n) is 9.54. The number of nitrogens with one attached hydrogen (secondary N) is 2. The van der Waals surface area contributed by atoms with E-state index in [1.165, 1.54) is 6.08 Å². The molecule has 0 aliphatic carbocycles. The Hall–Kier alpha value is -4.37. The minimum atomic E-state index is -0.526. The summed E-state index contributed by atoms with van der Waals surface area (Å²) in [7, 11) is 1.56. The second-order valence-electron chi connectivity index (χ2n) is 6.80. The average molecular weight is 411 g/mol. The van der Waals surface area contributed by atoms with Crippen LogP contribution in [0, 0.1) is 18.3 Å². The Labute approximate surface area is 180 Å². The van der Waals surface area contributed by atoms with Crippen molar-refractivity contribution in [1.29, 1.82) is 5.26 Å². The Morgan fingerprint density at radius 3 is 2.29 bits per heavy atom. The summed E-state index contributed by atoms with van der Waals surface area (Å²) in [6.45, 7) is 1.95. The van der Waals surface area contributed by atoms with Crippen molar-refractivity contribution in [3.8, 4) is 11.8 Å². The molecule has 0 aromatic heterocycles. The number of aryl methyl sites for hydroxylation is 1. The van der Waals surface area contributed by atoms with Gasteiger partial charge < -0.3 is 15.4 Å². The number of hydrogen-bond acceptors (Lipinski definition) is 4. The lowest BCUT2D eigenvalue weighted by atomic mass is 10.1. The van der Waals surface area contributed by atoms with Gasteiger partial charge in [0.15, 0.2) is 0 Å². The average Bonchev–Trinajstić information content (AvgIpc) is 2.78. The van der Waals surface area contributed by atoms with Crippen LogP contribution in [-0.2, 0) is 4.79 Å². The summed E-state index contributed by atoms with van der Waals surface area (Å²) in [6.07, 6.45) is 1.47. The maximum absolute atomic E-state index is 12.5. The van der Waals surface area contributed by atoms with E-state index in [2.05, 4.69) is 10.6 Å². The van der Waals surface area contributed by atoms with Crippen molar-refractivity contribution >= 4 is 29.3 Å². The second-order valence-corrected chi connectivity index (χ2v) is 6.80. The molecule has 154 valence electrons. The molecular weight excluding hydrogens is 390 g/mol. The Bertz CT molecular complexity index is 1160. The number of hydrogen-bond donors (Lipinski definition) is 2. The van der Waals surface area contributed by atoms with E-state index in [1.54, 1.807) is 67.8 Å². The first kappa shape index (κ1) is 21.3. The summed E-state index contributed by atoms with van der Waals surface area (Å²) in [6, 6.07) is 22.9. The van der Waals surface area contributed by atoms with Gasteiger partial charge in [0.25, 0.3) is 11.8 Å². The van der Waals surface area contributed by atoms with Crippen LogP contribution in [0.5, 0.6) is 5.75 Å². The van der Waals surface area contributed by atoms with Gasteiger partial charge in [-0.1, -0.05) is 29.8 Å². The lowest BCUT2D eigenvalue weighted by Crippen LogP contribution is -2.13. The van der Waals surface area contributed by atoms with Crippen LogP contribution in [0.25, 0.3) is 6.08 Å². The van der Waals surface area contributed by atoms with E-state index in [-0.39, 0.29) is 11.5 Å². The van der Waals surface area contributed by atoms with Gasteiger partial charge in [-0.2, -0.15) is 5.26 Å². The van der Waals surface area contributed by atoms with Gasteiger partial charge in [0.05, 0.1) is 7.11 Å². The van der Waals surface area contributed by atoms with Crippen molar-refractivity contribution in [3.63, 3.8) is 0 Å². The zero-order valence-electron chi connectivity index (χ0n) is 17.2. The monoisotopic (exact) mass is 411 g/mol. The lowest BCUT2D eigenvalue weighted by Gasteiger charge is -2.07. The third-order valence-electron chi connectivity index (χ3n) is 4.48. The van der Waals surface area contributed by atoms with Crippen LogP contribution in [0.2, 0.25) is 0 Å². The molecule has 6 nitrogen and oxygen atoms in total. The van der Waals surface area contributed by atoms with Gasteiger partial charge in [0.2, 0.25) is 0 Å². The maximum Gasteiger partial charge on any atom is 0.266 e. The van der Waals surface area contributed by atoms with Gasteiger partial charge in [-0.25, -0.2) is 0 Å². The van der Waals surface area contributed by atoms with Crippen molar-refractivity contribution in [2.75, 3.05) is 17.7 Å². The largest absolute Gasteiger partial charge is 0.497 e. The standard InChI is InChI=1S/C25H21N3O3/c1-17-6-8-19(9-7-17)24(29)28-22-5-3-4-18(15-22)14-20(16-26)25(30)27-21-10-12-23(31-2)13-11-21/h3-15H,1-2H3,(H,27,30)(H,28,29)/b20-14+. The Morgan fingerprint density at radius 1 is 0.935 bits per heavy atom. The van der Waals surface area contributed by atoms with Crippen LogP contribution < -0.4 is 15.4 Å². The molecule has 2 N–H and O–H groups in total. The number of carbonyl (C=O) groups excluding carboxylic acids is 2. The molecule has 31 heavy (non-hydrogen) atoms. The van der Waals surface area contributed by atoms with Crippen molar-refractivity contribution in [1.82, 2.24) is 0 Å². The number of carbonyl (C=O) groups is 2. The van der Waals surface area contributed by atoms with E-state index in [0.717, 1.165) is 5.56 Å². The Kier molecular flexibility index (Phi) is 6.82. The molecule has 0 radical (unpaired) electrons. The Balaban J connectivity index is 1.73. The normalized spacial score (nSPS) is 10.7. The highest BCUT2D eigenvalue weighted by molar-refractivity contribution is 6.10. The number of rotatable bonds is 6. The van der Waals surface area contributed by atoms with Gasteiger partial charge in [-0.3, -0.25) is 9.59 Å². The molecule has 6 heteroatoms. The number of ether oxygens (including phenoxy) is 1. The fraction of sp³-hybridized carbons (Fsp3) is 0.0800. The molecule has 0 saturated carbocycles. The van der Waals surface area contributed by atoms with Gasteiger partial charge >= 0.3 is 0 Å². The first-order valence-corrected chi connectivity index (χ1v) is 9.54. The molecule has 2 amide bonds. The molecule has 3 aromatic carbocycles. The van der Waals surface area contributed by atoms with E-state index in [0.29, 0.717) is 28.3 Å². The van der Waals surface area contributed by atoms with E-state index in [1.807, 2.05) is 25.1 Å². The SMILES string of the molecule is COc1ccc(NC(=O)/C(C#N)=C/c2cccc(NC(=O)c3ccc(C)cc3)c2)cc1. The van der Waals surface area contributed by atoms with Crippen LogP contribution in [-0.4, -0.2) is 18.9 Å². The van der Waals surface area contributed by atoms with Crippen LogP contribution in [0.1, 0.15) is 21.5 Å². The van der Waals surface area contributed by atoms with E-state index >= 15 is 0 Å². The molecule has 0 spiro atoms. The predicted octanol–water partition coefficient (Wildman–Crippen LogP) is 4.80. The number of amides is 2. The topological polar surface area (TPSA) is 91.2 Å². The highest BCUT2D eigenvalue weighted by atomic mass is 16.5. The number of benzene rings is 3. The number of nitriles is 1. The lowest BCUT2D eigenvalue weighted by molar-refractivity contribution is -0.112. The van der Waals surface area contributed by atoms with Crippen LogP contribution >= 0.6 is 0 Å². The van der Waals surface area contributed by atoms with E-state index in [4.69, 9.17) is 4.74 Å². The molecule has 0 aliphatic rings. The van der Waals surface area contributed by atoms with Crippen molar-refractivity contribution in [3.05, 3.63) is 95.1 Å². The molecule has 0 heterocycles. The van der Waals surface area contributed by atoms with Gasteiger partial charge in [0.1, 0.15) is 17.4 Å². The third-order valence-corrected chi connectivity index (χ3v) is 4.48. The summed E-state index contributed by atoms with van der Waals surface area (Å²) in [5, 5.41) is 14.9. The summed E-state index contributed by atoms with van der Waals surface area (Å²) in [5.74, 6) is -0.0980. The smallest absolute Gasteiger partial charge is 0.266 e. The summed E-state index contributed by atoms with van der Waals surface area (Å²) in [4.78, 5) is 24.9. The highest BCUT2D eigenvalue weighted by Crippen LogP contribution is 2.18. The van der Waals surface area contributed by atoms with Crippen molar-refractivity contribution in [2.24, 2.45) is 0 Å². The molecule has 0 unspecified atom stereocenters. The number of anilines is 2. The number of nitrogens with zero attached hydrogens (tertiary/aromatic N) is 1. The molecule has 0 saturated heterocycles. The molecule has 0 atom stereocenters. The molecule has 0 aliphatic heterocycles. The first-order chi connectivity index (χ1) is 15.0. The quantitative estimate of drug-likeness (QED) is 0.450. The second kappa shape index (κ2) is 9.90. The van der Waals surface area contributed by atoms with Crippen molar-refractivity contribution in [2.45, 2.75) is 6.92 Å². The van der Waals surface area contributed by atoms with Crippen LogP contribution in [0.3, 0.4) is 0 Å². The number of methoxy groups -OCH3 is 1. The van der Waals surface area contributed by atoms with Gasteiger partial charge in [0, 0.05) is 16.9 Å². The maximum atomic E-state index is 12.5. The zero-order valence-corrected chi connectivity index (χ0v) is 17.2. The summed E-state index contributed by atoms with van der Waals surface area (Å²) in [5.41, 5.74) is 3.28. The minimum absolute atomic E-state index is 0.0576.